The van der Waals surface area contributed by atoms with Gasteiger partial charge in [0, 0.05) is 30.4 Å². The van der Waals surface area contributed by atoms with Crippen molar-refractivity contribution >= 4 is 11.7 Å². The number of urea groups is 1. The van der Waals surface area contributed by atoms with E-state index in [2.05, 4.69) is 10.2 Å². The van der Waals surface area contributed by atoms with Crippen LogP contribution >= 0.6 is 0 Å². The van der Waals surface area contributed by atoms with E-state index < -0.39 is 12.1 Å². The molecular weight excluding hydrogens is 437 g/mol. The third-order valence-corrected chi connectivity index (χ3v) is 5.43. The molecule has 174 valence electrons. The summed E-state index contributed by atoms with van der Waals surface area (Å²) in [6, 6.07) is 13.8. The van der Waals surface area contributed by atoms with Gasteiger partial charge < -0.3 is 14.1 Å². The molecule has 33 heavy (non-hydrogen) atoms. The second-order valence-corrected chi connectivity index (χ2v) is 7.72. The first-order chi connectivity index (χ1) is 15.8. The Kier molecular flexibility index (Phi) is 6.52. The highest BCUT2D eigenvalue weighted by Gasteiger charge is 2.38. The molecule has 0 N–H and O–H groups in total. The van der Waals surface area contributed by atoms with Crippen LogP contribution in [0.3, 0.4) is 0 Å². The molecule has 1 saturated heterocycles. The van der Waals surface area contributed by atoms with Crippen LogP contribution < -0.4 is 9.64 Å². The van der Waals surface area contributed by atoms with Crippen LogP contribution in [-0.4, -0.2) is 41.3 Å². The van der Waals surface area contributed by atoms with Crippen molar-refractivity contribution in [3.05, 3.63) is 60.0 Å². The van der Waals surface area contributed by atoms with Gasteiger partial charge in [-0.3, -0.25) is 4.90 Å². The molecule has 0 atom stereocenters. The minimum atomic E-state index is -4.70. The summed E-state index contributed by atoms with van der Waals surface area (Å²) in [6.45, 7) is 1.69. The molecule has 0 bridgehead atoms. The topological polar surface area (TPSA) is 71.7 Å². The summed E-state index contributed by atoms with van der Waals surface area (Å²) in [6.07, 6.45) is -1.65. The van der Waals surface area contributed by atoms with E-state index in [4.69, 9.17) is 9.15 Å². The Morgan fingerprint density at radius 2 is 1.82 bits per heavy atom. The fourth-order valence-corrected chi connectivity index (χ4v) is 3.69. The van der Waals surface area contributed by atoms with E-state index in [0.29, 0.717) is 30.1 Å². The Balaban J connectivity index is 1.57. The van der Waals surface area contributed by atoms with Crippen molar-refractivity contribution < 1.29 is 27.1 Å². The standard InChI is InChI=1S/C23H23F3N4O3/c1-32-19-7-5-6-18(14-19)30(22(31)29-12-3-2-4-13-29)15-16-8-10-17(11-9-16)20-27-28-21(33-20)23(24,25)26/h5-11,14H,2-4,12-13,15H2,1H3. The van der Waals surface area contributed by atoms with Gasteiger partial charge in [-0.05, 0) is 49.1 Å². The fourth-order valence-electron chi connectivity index (χ4n) is 3.69. The van der Waals surface area contributed by atoms with Crippen molar-refractivity contribution in [3.8, 4) is 17.2 Å². The molecule has 1 aromatic heterocycles. The molecule has 2 amide bonds. The Labute approximate surface area is 188 Å². The molecule has 7 nitrogen and oxygen atoms in total. The van der Waals surface area contributed by atoms with Gasteiger partial charge in [-0.15, -0.1) is 10.2 Å². The molecule has 0 radical (unpaired) electrons. The second kappa shape index (κ2) is 9.51. The number of hydrogen-bond acceptors (Lipinski definition) is 5. The maximum Gasteiger partial charge on any atom is 0.470 e. The van der Waals surface area contributed by atoms with Crippen LogP contribution in [0.2, 0.25) is 0 Å². The van der Waals surface area contributed by atoms with Gasteiger partial charge in [0.25, 0.3) is 0 Å². The fraction of sp³-hybridized carbons (Fsp3) is 0.348. The zero-order valence-corrected chi connectivity index (χ0v) is 18.0. The van der Waals surface area contributed by atoms with Gasteiger partial charge in [0.1, 0.15) is 5.75 Å². The molecule has 4 rings (SSSR count). The number of alkyl halides is 3. The zero-order valence-electron chi connectivity index (χ0n) is 18.0. The average molecular weight is 460 g/mol. The number of aromatic nitrogens is 2. The highest BCUT2D eigenvalue weighted by atomic mass is 19.4. The number of carbonyl (C=O) groups is 1. The number of halogens is 3. The van der Waals surface area contributed by atoms with Crippen molar-refractivity contribution in [2.75, 3.05) is 25.1 Å². The van der Waals surface area contributed by atoms with E-state index >= 15 is 0 Å². The van der Waals surface area contributed by atoms with Gasteiger partial charge in [-0.1, -0.05) is 18.2 Å². The number of ether oxygens (including phenoxy) is 1. The summed E-state index contributed by atoms with van der Waals surface area (Å²) < 4.78 is 48.2. The normalized spacial score (nSPS) is 14.2. The number of methoxy groups -OCH3 is 1. The van der Waals surface area contributed by atoms with Gasteiger partial charge >= 0.3 is 18.1 Å². The molecule has 1 aliphatic rings. The monoisotopic (exact) mass is 460 g/mol. The number of nitrogens with zero attached hydrogens (tertiary/aromatic N) is 4. The number of anilines is 1. The molecule has 0 spiro atoms. The van der Waals surface area contributed by atoms with Crippen LogP contribution in [0.1, 0.15) is 30.7 Å². The summed E-state index contributed by atoms with van der Waals surface area (Å²) in [5.41, 5.74) is 1.85. The molecule has 2 aromatic carbocycles. The molecule has 1 fully saturated rings. The van der Waals surface area contributed by atoms with Crippen LogP contribution in [0.4, 0.5) is 23.7 Å². The highest BCUT2D eigenvalue weighted by molar-refractivity contribution is 5.92. The molecule has 2 heterocycles. The molecule has 0 saturated carbocycles. The second-order valence-electron chi connectivity index (χ2n) is 7.72. The van der Waals surface area contributed by atoms with Crippen molar-refractivity contribution in [2.24, 2.45) is 0 Å². The van der Waals surface area contributed by atoms with Crippen molar-refractivity contribution in [1.29, 1.82) is 0 Å². The number of amides is 2. The number of rotatable bonds is 5. The summed E-state index contributed by atoms with van der Waals surface area (Å²) >= 11 is 0. The number of piperidine rings is 1. The third kappa shape index (κ3) is 5.27. The predicted octanol–water partition coefficient (Wildman–Crippen LogP) is 5.38. The minimum Gasteiger partial charge on any atom is -0.497 e. The summed E-state index contributed by atoms with van der Waals surface area (Å²) in [7, 11) is 1.57. The van der Waals surface area contributed by atoms with E-state index in [1.165, 1.54) is 0 Å². The van der Waals surface area contributed by atoms with Crippen molar-refractivity contribution in [3.63, 3.8) is 0 Å². The van der Waals surface area contributed by atoms with Gasteiger partial charge in [-0.25, -0.2) is 4.79 Å². The first-order valence-corrected chi connectivity index (χ1v) is 10.6. The Hall–Kier alpha value is -3.56. The molecule has 0 unspecified atom stereocenters. The maximum absolute atomic E-state index is 13.4. The smallest absolute Gasteiger partial charge is 0.470 e. The van der Waals surface area contributed by atoms with Gasteiger partial charge in [0.2, 0.25) is 5.89 Å². The first kappa shape index (κ1) is 22.6. The van der Waals surface area contributed by atoms with Crippen LogP contribution in [0, 0.1) is 0 Å². The largest absolute Gasteiger partial charge is 0.497 e. The van der Waals surface area contributed by atoms with Crippen LogP contribution in [0.15, 0.2) is 52.9 Å². The zero-order chi connectivity index (χ0) is 23.4. The lowest BCUT2D eigenvalue weighted by Gasteiger charge is -2.33. The molecule has 1 aliphatic heterocycles. The maximum atomic E-state index is 13.4. The number of benzene rings is 2. The molecule has 10 heteroatoms. The van der Waals surface area contributed by atoms with Gasteiger partial charge in [0.15, 0.2) is 0 Å². The SMILES string of the molecule is COc1cccc(N(Cc2ccc(-c3nnc(C(F)(F)F)o3)cc2)C(=O)N2CCCCC2)c1. The molecule has 0 aliphatic carbocycles. The minimum absolute atomic E-state index is 0.0984. The number of likely N-dealkylation sites (tertiary alicyclic amines) is 1. The van der Waals surface area contributed by atoms with E-state index in [-0.39, 0.29) is 18.5 Å². The van der Waals surface area contributed by atoms with Crippen LogP contribution in [0.25, 0.3) is 11.5 Å². The number of carbonyl (C=O) groups excluding carboxylic acids is 1. The summed E-state index contributed by atoms with van der Waals surface area (Å²) in [5.74, 6) is -0.975. The third-order valence-electron chi connectivity index (χ3n) is 5.43. The molecule has 3 aromatic rings. The summed E-state index contributed by atoms with van der Waals surface area (Å²) in [4.78, 5) is 16.9. The first-order valence-electron chi connectivity index (χ1n) is 10.6. The highest BCUT2D eigenvalue weighted by Crippen LogP contribution is 2.31. The molecular formula is C23H23F3N4O3. The van der Waals surface area contributed by atoms with E-state index in [0.717, 1.165) is 24.8 Å². The number of hydrogen-bond donors (Lipinski definition) is 0. The predicted molar refractivity (Wildman–Crippen MR) is 115 cm³/mol. The van der Waals surface area contributed by atoms with Crippen molar-refractivity contribution in [2.45, 2.75) is 32.0 Å². The lowest BCUT2D eigenvalue weighted by atomic mass is 10.1. The van der Waals surface area contributed by atoms with Gasteiger partial charge in [0.05, 0.1) is 13.7 Å². The van der Waals surface area contributed by atoms with Crippen molar-refractivity contribution in [1.82, 2.24) is 15.1 Å². The summed E-state index contributed by atoms with van der Waals surface area (Å²) in [5, 5.41) is 6.53. The van der Waals surface area contributed by atoms with Crippen LogP contribution in [0.5, 0.6) is 5.75 Å². The van der Waals surface area contributed by atoms with E-state index in [1.54, 1.807) is 48.4 Å². The lowest BCUT2D eigenvalue weighted by Crippen LogP contribution is -2.45. The van der Waals surface area contributed by atoms with Gasteiger partial charge in [-0.2, -0.15) is 13.2 Å². The Bertz CT molecular complexity index is 1090. The van der Waals surface area contributed by atoms with E-state index in [1.807, 2.05) is 17.0 Å². The Morgan fingerprint density at radius 1 is 1.09 bits per heavy atom. The lowest BCUT2D eigenvalue weighted by molar-refractivity contribution is -0.156. The Morgan fingerprint density at radius 3 is 2.45 bits per heavy atom. The quantitative estimate of drug-likeness (QED) is 0.512. The van der Waals surface area contributed by atoms with Crippen LogP contribution in [-0.2, 0) is 12.7 Å². The van der Waals surface area contributed by atoms with E-state index in [9.17, 15) is 18.0 Å². The average Bonchev–Trinajstić information content (AvgIpc) is 3.34.